The zero-order chi connectivity index (χ0) is 18.2. The molecule has 1 saturated heterocycles. The minimum Gasteiger partial charge on any atom is -0.275 e. The molecule has 0 aromatic carbocycles. The Hall–Kier alpha value is -0.990. The van der Waals surface area contributed by atoms with Gasteiger partial charge in [-0.05, 0) is 44.9 Å². The fourth-order valence-corrected chi connectivity index (χ4v) is 5.28. The van der Waals surface area contributed by atoms with E-state index in [1.807, 2.05) is 0 Å². The number of hydrogen-bond acceptors (Lipinski definition) is 2. The fourth-order valence-electron chi connectivity index (χ4n) is 5.28. The van der Waals surface area contributed by atoms with Crippen LogP contribution in [0.5, 0.6) is 0 Å². The molecule has 0 aliphatic carbocycles. The average Bonchev–Trinajstić information content (AvgIpc) is 3.05. The number of guanidine groups is 1. The summed E-state index contributed by atoms with van der Waals surface area (Å²) in [4.78, 5) is 0. The van der Waals surface area contributed by atoms with Crippen molar-refractivity contribution < 1.29 is 4.58 Å². The summed E-state index contributed by atoms with van der Waals surface area (Å²) in [5, 5.41) is 7.80. The largest absolute Gasteiger partial charge is 0.346 e. The van der Waals surface area contributed by atoms with Crippen LogP contribution >= 0.6 is 0 Å². The van der Waals surface area contributed by atoms with Crippen molar-refractivity contribution in [1.82, 2.24) is 10.6 Å². The lowest BCUT2D eigenvalue weighted by molar-refractivity contribution is -0.593. The van der Waals surface area contributed by atoms with Gasteiger partial charge >= 0.3 is 5.96 Å². The van der Waals surface area contributed by atoms with Crippen molar-refractivity contribution in [2.24, 2.45) is 0 Å². The summed E-state index contributed by atoms with van der Waals surface area (Å²) < 4.78 is 2.72. The van der Waals surface area contributed by atoms with Gasteiger partial charge in [0.15, 0.2) is 0 Å². The smallest absolute Gasteiger partial charge is 0.275 e. The number of nitrogens with zero attached hydrogens (tertiary/aromatic N) is 1. The summed E-state index contributed by atoms with van der Waals surface area (Å²) >= 11 is 0. The predicted molar refractivity (Wildman–Crippen MR) is 112 cm³/mol. The summed E-state index contributed by atoms with van der Waals surface area (Å²) in [6.07, 6.45) is 23.6. The zero-order valence-corrected chi connectivity index (χ0v) is 17.3. The van der Waals surface area contributed by atoms with Crippen molar-refractivity contribution in [1.29, 1.82) is 0 Å². The van der Waals surface area contributed by atoms with Crippen molar-refractivity contribution in [3.8, 4) is 0 Å². The molecule has 2 N–H and O–H groups in total. The second-order valence-electron chi connectivity index (χ2n) is 8.81. The highest BCUT2D eigenvalue weighted by molar-refractivity contribution is 5.76. The Morgan fingerprint density at radius 1 is 0.846 bits per heavy atom. The Morgan fingerprint density at radius 2 is 1.50 bits per heavy atom. The highest BCUT2D eigenvalue weighted by Gasteiger charge is 2.45. The van der Waals surface area contributed by atoms with Crippen molar-refractivity contribution in [3.63, 3.8) is 0 Å². The van der Waals surface area contributed by atoms with Crippen molar-refractivity contribution in [2.75, 3.05) is 0 Å². The maximum absolute atomic E-state index is 3.91. The van der Waals surface area contributed by atoms with Crippen LogP contribution in [0.2, 0.25) is 0 Å². The molecule has 0 unspecified atom stereocenters. The van der Waals surface area contributed by atoms with Gasteiger partial charge in [-0.2, -0.15) is 0 Å². The van der Waals surface area contributed by atoms with Crippen LogP contribution in [0.15, 0.2) is 12.2 Å². The summed E-state index contributed by atoms with van der Waals surface area (Å²) in [5.41, 5.74) is 0. The van der Waals surface area contributed by atoms with Gasteiger partial charge in [-0.1, -0.05) is 58.1 Å². The first kappa shape index (κ1) is 19.8. The monoisotopic (exact) mass is 360 g/mol. The lowest BCUT2D eigenvalue weighted by atomic mass is 9.97. The number of rotatable bonds is 11. The van der Waals surface area contributed by atoms with Gasteiger partial charge in [0.05, 0.1) is 24.2 Å². The first-order valence-electron chi connectivity index (χ1n) is 11.6. The van der Waals surface area contributed by atoms with E-state index in [1.165, 1.54) is 95.9 Å². The van der Waals surface area contributed by atoms with Crippen molar-refractivity contribution in [2.45, 2.75) is 128 Å². The van der Waals surface area contributed by atoms with Gasteiger partial charge in [0.2, 0.25) is 0 Å². The third-order valence-corrected chi connectivity index (χ3v) is 6.65. The van der Waals surface area contributed by atoms with Crippen LogP contribution in [-0.4, -0.2) is 34.7 Å². The molecule has 3 aliphatic heterocycles. The van der Waals surface area contributed by atoms with E-state index in [0.29, 0.717) is 12.1 Å². The molecule has 3 heterocycles. The molecule has 4 atom stereocenters. The highest BCUT2D eigenvalue weighted by Crippen LogP contribution is 2.32. The second-order valence-corrected chi connectivity index (χ2v) is 8.81. The van der Waals surface area contributed by atoms with E-state index in [2.05, 4.69) is 41.2 Å². The quantitative estimate of drug-likeness (QED) is 0.304. The van der Waals surface area contributed by atoms with Crippen molar-refractivity contribution in [3.05, 3.63) is 12.2 Å². The van der Waals surface area contributed by atoms with Gasteiger partial charge in [0, 0.05) is 12.8 Å². The molecule has 0 radical (unpaired) electrons. The molecule has 3 rings (SSSR count). The molecule has 148 valence electrons. The molecule has 3 nitrogen and oxygen atoms in total. The lowest BCUT2D eigenvalue weighted by Gasteiger charge is -2.36. The molecular weight excluding hydrogens is 318 g/mol. The summed E-state index contributed by atoms with van der Waals surface area (Å²) in [7, 11) is 0. The van der Waals surface area contributed by atoms with Crippen LogP contribution in [0, 0.1) is 0 Å². The Bertz CT molecular complexity index is 482. The molecule has 0 saturated carbocycles. The first-order chi connectivity index (χ1) is 12.8. The van der Waals surface area contributed by atoms with Gasteiger partial charge in [-0.25, -0.2) is 0 Å². The van der Waals surface area contributed by atoms with Gasteiger partial charge in [-0.15, -0.1) is 0 Å². The van der Waals surface area contributed by atoms with Gasteiger partial charge in [0.25, 0.3) is 0 Å². The fraction of sp³-hybridized carbons (Fsp3) is 0.870. The van der Waals surface area contributed by atoms with Crippen LogP contribution in [0.25, 0.3) is 0 Å². The number of unbranched alkanes of at least 4 members (excludes halogenated alkanes) is 5. The van der Waals surface area contributed by atoms with Crippen LogP contribution in [0.1, 0.15) is 104 Å². The molecule has 0 spiro atoms. The second kappa shape index (κ2) is 10.4. The van der Waals surface area contributed by atoms with E-state index in [1.54, 1.807) is 0 Å². The van der Waals surface area contributed by atoms with E-state index in [0.717, 1.165) is 12.1 Å². The van der Waals surface area contributed by atoms with E-state index in [-0.39, 0.29) is 0 Å². The molecule has 0 aromatic heterocycles. The van der Waals surface area contributed by atoms with Gasteiger partial charge in [-0.3, -0.25) is 15.2 Å². The Morgan fingerprint density at radius 3 is 2.15 bits per heavy atom. The van der Waals surface area contributed by atoms with E-state index in [9.17, 15) is 0 Å². The van der Waals surface area contributed by atoms with E-state index < -0.39 is 0 Å². The minimum absolute atomic E-state index is 0.677. The number of allylic oxidation sites excluding steroid dienone is 2. The molecule has 0 bridgehead atoms. The van der Waals surface area contributed by atoms with Crippen LogP contribution in [0.4, 0.5) is 0 Å². The normalized spacial score (nSPS) is 30.4. The molecule has 3 heteroatoms. The number of nitrogens with one attached hydrogen (secondary N) is 2. The SMILES string of the molecule is CC/C=C/CCC[C@H]1C[C@H]2CC[C@H]3C[C@H](CCCCCCC)NC(=[N+]23)N1. The average molecular weight is 361 g/mol. The first-order valence-corrected chi connectivity index (χ1v) is 11.6. The van der Waals surface area contributed by atoms with Crippen LogP contribution in [0.3, 0.4) is 0 Å². The van der Waals surface area contributed by atoms with Gasteiger partial charge in [0.1, 0.15) is 0 Å². The molecular formula is C23H42N3+. The van der Waals surface area contributed by atoms with Crippen LogP contribution in [-0.2, 0) is 0 Å². The maximum Gasteiger partial charge on any atom is 0.346 e. The van der Waals surface area contributed by atoms with Crippen LogP contribution < -0.4 is 10.6 Å². The minimum atomic E-state index is 0.677. The molecule has 1 fully saturated rings. The Kier molecular flexibility index (Phi) is 7.88. The van der Waals surface area contributed by atoms with E-state index in [4.69, 9.17) is 0 Å². The molecule has 26 heavy (non-hydrogen) atoms. The third-order valence-electron chi connectivity index (χ3n) is 6.65. The summed E-state index contributed by atoms with van der Waals surface area (Å²) in [5.74, 6) is 1.39. The highest BCUT2D eigenvalue weighted by atomic mass is 15.3. The Balaban J connectivity index is 1.47. The topological polar surface area (TPSA) is 27.1 Å². The third kappa shape index (κ3) is 5.27. The molecule has 3 aliphatic rings. The van der Waals surface area contributed by atoms with Gasteiger partial charge < -0.3 is 0 Å². The molecule has 0 aromatic rings. The maximum atomic E-state index is 3.91. The summed E-state index contributed by atoms with van der Waals surface area (Å²) in [6.45, 7) is 4.52. The summed E-state index contributed by atoms with van der Waals surface area (Å²) in [6, 6.07) is 2.98. The standard InChI is InChI=1S/C23H41N3/c1-3-5-7-9-11-13-19-17-21-15-16-22-18-20(14-12-10-8-6-4-2)25-23(24-19)26(21)22/h5,7,19-22H,3-4,6,8-18H2,1-2H3,(H,24,25)/p+1/b7-5+/t19-,20-,21+,22-/m0/s1. The number of hydrogen-bond donors (Lipinski definition) is 2. The zero-order valence-electron chi connectivity index (χ0n) is 17.3. The van der Waals surface area contributed by atoms with E-state index >= 15 is 0 Å². The molecule has 0 amide bonds. The predicted octanol–water partition coefficient (Wildman–Crippen LogP) is 5.11. The Labute approximate surface area is 161 Å². The lowest BCUT2D eigenvalue weighted by Crippen LogP contribution is -2.62. The van der Waals surface area contributed by atoms with Crippen molar-refractivity contribution >= 4 is 5.96 Å².